The first kappa shape index (κ1) is 17.4. The van der Waals surface area contributed by atoms with Crippen molar-refractivity contribution < 1.29 is 4.74 Å². The summed E-state index contributed by atoms with van der Waals surface area (Å²) in [4.78, 5) is 13.6. The molecule has 2 aromatic rings. The second-order valence-corrected chi connectivity index (χ2v) is 7.00. The van der Waals surface area contributed by atoms with Crippen molar-refractivity contribution in [2.24, 2.45) is 5.92 Å². The molecule has 5 nitrogen and oxygen atoms in total. The molecular weight excluding hydrogens is 373 g/mol. The van der Waals surface area contributed by atoms with Crippen LogP contribution in [0.15, 0.2) is 29.2 Å². The number of aromatic nitrogens is 2. The molecule has 0 spiro atoms. The van der Waals surface area contributed by atoms with Gasteiger partial charge in [0.2, 0.25) is 0 Å². The first-order valence-corrected chi connectivity index (χ1v) is 8.73. The lowest BCUT2D eigenvalue weighted by Crippen LogP contribution is -2.36. The number of hydrogen-bond donors (Lipinski definition) is 1. The number of nitrogens with zero attached hydrogens (tertiary/aromatic N) is 2. The van der Waals surface area contributed by atoms with E-state index >= 15 is 0 Å². The number of nitrogens with one attached hydrogen (secondary N) is 1. The predicted molar refractivity (Wildman–Crippen MR) is 96.8 cm³/mol. The number of aromatic amines is 1. The Bertz CT molecular complexity index is 753. The zero-order valence-corrected chi connectivity index (χ0v) is 15.0. The van der Waals surface area contributed by atoms with Crippen LogP contribution < -0.4 is 15.2 Å². The third-order valence-electron chi connectivity index (χ3n) is 4.05. The Kier molecular flexibility index (Phi) is 5.54. The molecule has 0 atom stereocenters. The number of hydrogen-bond acceptors (Lipinski definition) is 4. The molecular formula is C16H16Cl3N3O2. The molecule has 2 heterocycles. The maximum Gasteiger partial charge on any atom is 0.285 e. The Morgan fingerprint density at radius 2 is 1.83 bits per heavy atom. The van der Waals surface area contributed by atoms with Crippen LogP contribution in [0.25, 0.3) is 0 Å². The molecule has 8 heteroatoms. The molecule has 1 fully saturated rings. The molecule has 1 saturated heterocycles. The maximum absolute atomic E-state index is 11.5. The van der Waals surface area contributed by atoms with Crippen molar-refractivity contribution >= 4 is 40.5 Å². The molecule has 1 aliphatic rings. The van der Waals surface area contributed by atoms with Crippen LogP contribution in [0.3, 0.4) is 0 Å². The Labute approximate surface area is 154 Å². The van der Waals surface area contributed by atoms with Crippen molar-refractivity contribution in [3.05, 3.63) is 49.8 Å². The molecule has 1 aromatic carbocycles. The normalized spacial score (nSPS) is 15.5. The molecule has 1 aromatic heterocycles. The molecule has 0 bridgehead atoms. The summed E-state index contributed by atoms with van der Waals surface area (Å²) in [6.45, 7) is 2.20. The lowest BCUT2D eigenvalue weighted by atomic mass is 9.97. The van der Waals surface area contributed by atoms with Crippen LogP contribution in [-0.4, -0.2) is 29.9 Å². The number of H-pyrrole nitrogens is 1. The monoisotopic (exact) mass is 387 g/mol. The van der Waals surface area contributed by atoms with E-state index < -0.39 is 0 Å². The molecule has 0 radical (unpaired) electrons. The van der Waals surface area contributed by atoms with Gasteiger partial charge in [-0.3, -0.25) is 4.79 Å². The second-order valence-electron chi connectivity index (χ2n) is 5.74. The lowest BCUT2D eigenvalue weighted by Gasteiger charge is -2.33. The van der Waals surface area contributed by atoms with Gasteiger partial charge in [0.1, 0.15) is 10.8 Å². The Balaban J connectivity index is 1.55. The summed E-state index contributed by atoms with van der Waals surface area (Å²) in [6.07, 6.45) is 3.48. The summed E-state index contributed by atoms with van der Waals surface area (Å²) in [7, 11) is 0. The summed E-state index contributed by atoms with van der Waals surface area (Å²) in [5, 5.41) is 7.45. The van der Waals surface area contributed by atoms with Crippen LogP contribution in [-0.2, 0) is 0 Å². The van der Waals surface area contributed by atoms with Crippen LogP contribution in [0.2, 0.25) is 15.1 Å². The van der Waals surface area contributed by atoms with Crippen LogP contribution in [0.1, 0.15) is 12.8 Å². The van der Waals surface area contributed by atoms with E-state index in [0.717, 1.165) is 25.9 Å². The van der Waals surface area contributed by atoms with Crippen molar-refractivity contribution in [1.29, 1.82) is 0 Å². The van der Waals surface area contributed by atoms with E-state index in [0.29, 0.717) is 34.0 Å². The van der Waals surface area contributed by atoms with Gasteiger partial charge in [0.25, 0.3) is 5.56 Å². The molecule has 1 aliphatic heterocycles. The van der Waals surface area contributed by atoms with E-state index in [1.807, 2.05) is 0 Å². The maximum atomic E-state index is 11.5. The second kappa shape index (κ2) is 7.64. The number of benzene rings is 1. The number of anilines is 1. The van der Waals surface area contributed by atoms with Gasteiger partial charge in [0.05, 0.1) is 18.5 Å². The van der Waals surface area contributed by atoms with E-state index in [2.05, 4.69) is 15.1 Å². The summed E-state index contributed by atoms with van der Waals surface area (Å²) in [5.74, 6) is 1.10. The minimum Gasteiger partial charge on any atom is -0.493 e. The fourth-order valence-electron chi connectivity index (χ4n) is 2.76. The minimum absolute atomic E-state index is 0.188. The summed E-state index contributed by atoms with van der Waals surface area (Å²) in [6, 6.07) is 5.18. The number of halogens is 3. The standard InChI is InChI=1S/C16H16Cl3N3O2/c17-11-5-12(18)7-13(6-11)24-9-10-1-3-22(4-2-10)14-8-20-21-16(23)15(14)19/h5-8,10H,1-4,9H2,(H,21,23). The Hall–Kier alpha value is -1.43. The summed E-state index contributed by atoms with van der Waals surface area (Å²) in [5.41, 5.74) is 0.318. The number of rotatable bonds is 4. The fraction of sp³-hybridized carbons (Fsp3) is 0.375. The SMILES string of the molecule is O=c1[nH]ncc(N2CCC(COc3cc(Cl)cc(Cl)c3)CC2)c1Cl. The van der Waals surface area contributed by atoms with Crippen LogP contribution in [0.4, 0.5) is 5.69 Å². The smallest absolute Gasteiger partial charge is 0.285 e. The van der Waals surface area contributed by atoms with Gasteiger partial charge in [0, 0.05) is 23.1 Å². The number of piperidine rings is 1. The van der Waals surface area contributed by atoms with Gasteiger partial charge in [-0.2, -0.15) is 5.10 Å². The van der Waals surface area contributed by atoms with Crippen LogP contribution in [0.5, 0.6) is 5.75 Å². The van der Waals surface area contributed by atoms with Crippen molar-refractivity contribution in [2.75, 3.05) is 24.6 Å². The molecule has 0 unspecified atom stereocenters. The van der Waals surface area contributed by atoms with E-state index in [9.17, 15) is 4.79 Å². The molecule has 0 aliphatic carbocycles. The van der Waals surface area contributed by atoms with Crippen molar-refractivity contribution in [2.45, 2.75) is 12.8 Å². The van der Waals surface area contributed by atoms with Gasteiger partial charge in [-0.05, 0) is 37.0 Å². The zero-order valence-electron chi connectivity index (χ0n) is 12.8. The van der Waals surface area contributed by atoms with Gasteiger partial charge >= 0.3 is 0 Å². The average Bonchev–Trinajstić information content (AvgIpc) is 2.55. The average molecular weight is 389 g/mol. The van der Waals surface area contributed by atoms with Crippen molar-refractivity contribution in [1.82, 2.24) is 10.2 Å². The van der Waals surface area contributed by atoms with E-state index in [-0.39, 0.29) is 10.6 Å². The lowest BCUT2D eigenvalue weighted by molar-refractivity contribution is 0.223. The molecule has 0 saturated carbocycles. The quantitative estimate of drug-likeness (QED) is 0.859. The highest BCUT2D eigenvalue weighted by Gasteiger charge is 2.22. The minimum atomic E-state index is -0.363. The predicted octanol–water partition coefficient (Wildman–Crippen LogP) is 4.03. The molecule has 3 rings (SSSR count). The zero-order chi connectivity index (χ0) is 17.1. The highest BCUT2D eigenvalue weighted by molar-refractivity contribution is 6.34. The van der Waals surface area contributed by atoms with E-state index in [1.165, 1.54) is 0 Å². The largest absolute Gasteiger partial charge is 0.493 e. The molecule has 0 amide bonds. The Morgan fingerprint density at radius 1 is 1.17 bits per heavy atom. The number of ether oxygens (including phenoxy) is 1. The van der Waals surface area contributed by atoms with E-state index in [1.54, 1.807) is 24.4 Å². The van der Waals surface area contributed by atoms with E-state index in [4.69, 9.17) is 39.5 Å². The topological polar surface area (TPSA) is 58.2 Å². The summed E-state index contributed by atoms with van der Waals surface area (Å²) >= 11 is 18.0. The highest BCUT2D eigenvalue weighted by Crippen LogP contribution is 2.28. The first-order valence-electron chi connectivity index (χ1n) is 7.60. The van der Waals surface area contributed by atoms with Gasteiger partial charge in [-0.15, -0.1) is 0 Å². The molecule has 24 heavy (non-hydrogen) atoms. The third-order valence-corrected chi connectivity index (χ3v) is 4.86. The molecule has 128 valence electrons. The van der Waals surface area contributed by atoms with Gasteiger partial charge in [-0.25, -0.2) is 5.10 Å². The van der Waals surface area contributed by atoms with Gasteiger partial charge in [0.15, 0.2) is 0 Å². The Morgan fingerprint density at radius 3 is 2.50 bits per heavy atom. The van der Waals surface area contributed by atoms with Crippen LogP contribution >= 0.6 is 34.8 Å². The first-order chi connectivity index (χ1) is 11.5. The van der Waals surface area contributed by atoms with Crippen molar-refractivity contribution in [3.8, 4) is 5.75 Å². The van der Waals surface area contributed by atoms with Gasteiger partial charge < -0.3 is 9.64 Å². The fourth-order valence-corrected chi connectivity index (χ4v) is 3.48. The van der Waals surface area contributed by atoms with Crippen molar-refractivity contribution in [3.63, 3.8) is 0 Å². The van der Waals surface area contributed by atoms with Crippen LogP contribution in [0, 0.1) is 5.92 Å². The van der Waals surface area contributed by atoms with Gasteiger partial charge in [-0.1, -0.05) is 34.8 Å². The molecule has 1 N–H and O–H groups in total. The third kappa shape index (κ3) is 4.15. The summed E-state index contributed by atoms with van der Waals surface area (Å²) < 4.78 is 5.81. The highest BCUT2D eigenvalue weighted by atomic mass is 35.5.